The van der Waals surface area contributed by atoms with Gasteiger partial charge in [-0.25, -0.2) is 0 Å². The summed E-state index contributed by atoms with van der Waals surface area (Å²) in [6.07, 6.45) is 0.982. The molecular formula is C20H28N4S2. The van der Waals surface area contributed by atoms with Crippen LogP contribution in [0.1, 0.15) is 16.5 Å². The van der Waals surface area contributed by atoms with E-state index in [0.717, 1.165) is 50.8 Å². The lowest BCUT2D eigenvalue weighted by molar-refractivity contribution is 0.114. The number of benzene rings is 1. The molecule has 26 heavy (non-hydrogen) atoms. The number of thiocarbonyl (C=S) groups is 1. The number of thiophene rings is 1. The third-order valence-electron chi connectivity index (χ3n) is 4.85. The molecule has 3 rings (SSSR count). The van der Waals surface area contributed by atoms with Crippen LogP contribution in [0.5, 0.6) is 0 Å². The molecule has 0 spiro atoms. The first-order valence-corrected chi connectivity index (χ1v) is 10.5. The Hall–Kier alpha value is -1.47. The fourth-order valence-corrected chi connectivity index (χ4v) is 4.29. The van der Waals surface area contributed by atoms with Crippen molar-refractivity contribution >= 4 is 28.7 Å². The van der Waals surface area contributed by atoms with Crippen molar-refractivity contribution < 1.29 is 0 Å². The van der Waals surface area contributed by atoms with Gasteiger partial charge in [0.1, 0.15) is 0 Å². The van der Waals surface area contributed by atoms with Crippen LogP contribution in [0.15, 0.2) is 47.8 Å². The molecule has 0 amide bonds. The minimum Gasteiger partial charge on any atom is -0.362 e. The van der Waals surface area contributed by atoms with Gasteiger partial charge in [-0.15, -0.1) is 11.3 Å². The lowest BCUT2D eigenvalue weighted by Crippen LogP contribution is -2.49. The third kappa shape index (κ3) is 5.77. The summed E-state index contributed by atoms with van der Waals surface area (Å²) >= 11 is 7.33. The molecule has 0 aliphatic carbocycles. The van der Waals surface area contributed by atoms with Crippen LogP contribution in [0.4, 0.5) is 0 Å². The van der Waals surface area contributed by atoms with Crippen LogP contribution in [-0.4, -0.2) is 61.2 Å². The largest absolute Gasteiger partial charge is 0.362 e. The van der Waals surface area contributed by atoms with Crippen LogP contribution >= 0.6 is 23.6 Å². The number of piperazine rings is 1. The smallest absolute Gasteiger partial charge is 0.166 e. The molecule has 1 aromatic carbocycles. The molecule has 0 unspecified atom stereocenters. The van der Waals surface area contributed by atoms with Crippen LogP contribution < -0.4 is 10.6 Å². The van der Waals surface area contributed by atoms with Gasteiger partial charge >= 0.3 is 0 Å². The summed E-state index contributed by atoms with van der Waals surface area (Å²) < 4.78 is 0. The molecule has 2 heterocycles. The quantitative estimate of drug-likeness (QED) is 0.712. The highest BCUT2D eigenvalue weighted by atomic mass is 32.1. The minimum absolute atomic E-state index is 0.387. The maximum absolute atomic E-state index is 5.49. The second kappa shape index (κ2) is 10.0. The molecule has 1 saturated heterocycles. The highest BCUT2D eigenvalue weighted by Gasteiger charge is 2.24. The molecule has 4 nitrogen and oxygen atoms in total. The van der Waals surface area contributed by atoms with E-state index in [0.29, 0.717) is 6.04 Å². The molecular weight excluding hydrogens is 360 g/mol. The zero-order valence-corrected chi connectivity index (χ0v) is 17.0. The Morgan fingerprint density at radius 3 is 2.54 bits per heavy atom. The summed E-state index contributed by atoms with van der Waals surface area (Å²) in [5, 5.41) is 9.68. The average Bonchev–Trinajstić information content (AvgIpc) is 3.19. The van der Waals surface area contributed by atoms with Crippen molar-refractivity contribution in [3.05, 3.63) is 58.3 Å². The number of rotatable bonds is 7. The maximum atomic E-state index is 5.49. The van der Waals surface area contributed by atoms with Crippen LogP contribution in [0, 0.1) is 0 Å². The van der Waals surface area contributed by atoms with E-state index in [9.17, 15) is 0 Å². The summed E-state index contributed by atoms with van der Waals surface area (Å²) in [5.41, 5.74) is 1.33. The number of hydrogen-bond acceptors (Lipinski definition) is 4. The van der Waals surface area contributed by atoms with E-state index < -0.39 is 0 Å². The Morgan fingerprint density at radius 1 is 1.08 bits per heavy atom. The number of nitrogens with one attached hydrogen (secondary N) is 2. The first-order chi connectivity index (χ1) is 12.7. The van der Waals surface area contributed by atoms with Crippen molar-refractivity contribution in [2.75, 3.05) is 46.3 Å². The SMILES string of the molecule is CN1CCN([C@H](CNC(=S)NCCc2ccccc2)c2cccs2)CC1. The summed E-state index contributed by atoms with van der Waals surface area (Å²) in [6, 6.07) is 15.3. The van der Waals surface area contributed by atoms with Crippen molar-refractivity contribution in [2.24, 2.45) is 0 Å². The summed E-state index contributed by atoms with van der Waals surface area (Å²) in [4.78, 5) is 6.38. The molecule has 2 aromatic rings. The molecule has 2 N–H and O–H groups in total. The lowest BCUT2D eigenvalue weighted by atomic mass is 10.1. The van der Waals surface area contributed by atoms with Crippen molar-refractivity contribution in [1.29, 1.82) is 0 Å². The summed E-state index contributed by atoms with van der Waals surface area (Å²) in [7, 11) is 2.20. The normalized spacial score (nSPS) is 17.0. The Bertz CT molecular complexity index is 652. The zero-order valence-electron chi connectivity index (χ0n) is 15.4. The molecule has 6 heteroatoms. The average molecular weight is 389 g/mol. The number of hydrogen-bond donors (Lipinski definition) is 2. The van der Waals surface area contributed by atoms with Gasteiger partial charge in [0, 0.05) is 44.1 Å². The zero-order chi connectivity index (χ0) is 18.2. The van der Waals surface area contributed by atoms with Crippen LogP contribution in [0.25, 0.3) is 0 Å². The molecule has 1 aliphatic heterocycles. The van der Waals surface area contributed by atoms with Crippen molar-refractivity contribution in [2.45, 2.75) is 12.5 Å². The van der Waals surface area contributed by atoms with Crippen molar-refractivity contribution in [3.8, 4) is 0 Å². The highest BCUT2D eigenvalue weighted by Crippen LogP contribution is 2.25. The van der Waals surface area contributed by atoms with E-state index in [4.69, 9.17) is 12.2 Å². The Kier molecular flexibility index (Phi) is 7.43. The molecule has 1 fully saturated rings. The van der Waals surface area contributed by atoms with Crippen LogP contribution in [0.3, 0.4) is 0 Å². The molecule has 1 aromatic heterocycles. The van der Waals surface area contributed by atoms with Gasteiger partial charge in [-0.05, 0) is 42.7 Å². The molecule has 1 atom stereocenters. The standard InChI is InChI=1S/C20H28N4S2/c1-23-11-13-24(14-12-23)18(19-8-5-15-26-19)16-22-20(25)21-10-9-17-6-3-2-4-7-17/h2-8,15,18H,9-14,16H2,1H3,(H2,21,22,25)/t18-/m1/s1. The minimum atomic E-state index is 0.387. The fourth-order valence-electron chi connectivity index (χ4n) is 3.24. The Morgan fingerprint density at radius 2 is 1.85 bits per heavy atom. The van der Waals surface area contributed by atoms with E-state index in [-0.39, 0.29) is 0 Å². The van der Waals surface area contributed by atoms with Crippen molar-refractivity contribution in [1.82, 2.24) is 20.4 Å². The van der Waals surface area contributed by atoms with Crippen molar-refractivity contribution in [3.63, 3.8) is 0 Å². The monoisotopic (exact) mass is 388 g/mol. The topological polar surface area (TPSA) is 30.5 Å². The maximum Gasteiger partial charge on any atom is 0.166 e. The van der Waals surface area contributed by atoms with Gasteiger partial charge in [-0.1, -0.05) is 36.4 Å². The molecule has 0 saturated carbocycles. The first-order valence-electron chi connectivity index (χ1n) is 9.24. The van der Waals surface area contributed by atoms with Gasteiger partial charge in [0.2, 0.25) is 0 Å². The van der Waals surface area contributed by atoms with Gasteiger partial charge in [-0.2, -0.15) is 0 Å². The third-order valence-corrected chi connectivity index (χ3v) is 6.11. The molecule has 0 bridgehead atoms. The molecule has 140 valence electrons. The predicted octanol–water partition coefficient (Wildman–Crippen LogP) is 2.74. The Labute approximate surface area is 166 Å². The second-order valence-corrected chi connectivity index (χ2v) is 8.13. The predicted molar refractivity (Wildman–Crippen MR) is 115 cm³/mol. The van der Waals surface area contributed by atoms with Gasteiger partial charge in [-0.3, -0.25) is 4.90 Å². The van der Waals surface area contributed by atoms with Gasteiger partial charge in [0.05, 0.1) is 6.04 Å². The first kappa shape index (κ1) is 19.3. The number of nitrogens with zero attached hydrogens (tertiary/aromatic N) is 2. The molecule has 0 radical (unpaired) electrons. The summed E-state index contributed by atoms with van der Waals surface area (Å²) in [6.45, 7) is 6.17. The van der Waals surface area contributed by atoms with E-state index >= 15 is 0 Å². The van der Waals surface area contributed by atoms with Gasteiger partial charge in [0.25, 0.3) is 0 Å². The highest BCUT2D eigenvalue weighted by molar-refractivity contribution is 7.80. The van der Waals surface area contributed by atoms with Crippen LogP contribution in [0.2, 0.25) is 0 Å². The summed E-state index contributed by atoms with van der Waals surface area (Å²) in [5.74, 6) is 0. The Balaban J connectivity index is 1.47. The lowest BCUT2D eigenvalue weighted by Gasteiger charge is -2.37. The fraction of sp³-hybridized carbons (Fsp3) is 0.450. The van der Waals surface area contributed by atoms with E-state index in [1.165, 1.54) is 10.4 Å². The van der Waals surface area contributed by atoms with Gasteiger partial charge < -0.3 is 15.5 Å². The van der Waals surface area contributed by atoms with Crippen LogP contribution in [-0.2, 0) is 6.42 Å². The van der Waals surface area contributed by atoms with E-state index in [2.05, 4.69) is 69.3 Å². The van der Waals surface area contributed by atoms with E-state index in [1.807, 2.05) is 17.4 Å². The second-order valence-electron chi connectivity index (χ2n) is 6.74. The van der Waals surface area contributed by atoms with Gasteiger partial charge in [0.15, 0.2) is 5.11 Å². The van der Waals surface area contributed by atoms with E-state index in [1.54, 1.807) is 0 Å². The molecule has 1 aliphatic rings. The number of likely N-dealkylation sites (N-methyl/N-ethyl adjacent to an activating group) is 1.